The number of amides is 1. The molecule has 1 aliphatic heterocycles. The van der Waals surface area contributed by atoms with Gasteiger partial charge in [0.25, 0.3) is 11.7 Å². The molecular weight excluding hydrogens is 477 g/mol. The third kappa shape index (κ3) is 5.14. The summed E-state index contributed by atoms with van der Waals surface area (Å²) in [6.07, 6.45) is -0.105. The number of hydrogen-bond acceptors (Lipinski definition) is 6. The normalized spacial score (nSPS) is 16.8. The Labute approximate surface area is 214 Å². The van der Waals surface area contributed by atoms with E-state index >= 15 is 0 Å². The average molecular weight is 506 g/mol. The Balaban J connectivity index is 1.92. The van der Waals surface area contributed by atoms with Gasteiger partial charge in [0.15, 0.2) is 0 Å². The van der Waals surface area contributed by atoms with Gasteiger partial charge >= 0.3 is 0 Å². The van der Waals surface area contributed by atoms with Crippen molar-refractivity contribution in [2.45, 2.75) is 32.5 Å². The van der Waals surface area contributed by atoms with Crippen LogP contribution in [-0.2, 0) is 16.1 Å². The Morgan fingerprint density at radius 2 is 1.70 bits per heavy atom. The van der Waals surface area contributed by atoms with Crippen molar-refractivity contribution in [3.05, 3.63) is 94.8 Å². The molecular formula is C29H28FNO6. The molecule has 4 rings (SSSR count). The predicted molar refractivity (Wildman–Crippen MR) is 136 cm³/mol. The predicted octanol–water partition coefficient (Wildman–Crippen LogP) is 5.25. The van der Waals surface area contributed by atoms with Crippen LogP contribution in [0.15, 0.2) is 72.3 Å². The molecule has 0 bridgehead atoms. The van der Waals surface area contributed by atoms with Gasteiger partial charge in [-0.1, -0.05) is 30.3 Å². The number of aliphatic hydroxyl groups excluding tert-OH is 1. The number of carbonyl (C=O) groups is 2. The zero-order valence-corrected chi connectivity index (χ0v) is 21.0. The molecule has 3 aromatic carbocycles. The van der Waals surface area contributed by atoms with Gasteiger partial charge in [-0.25, -0.2) is 4.39 Å². The minimum atomic E-state index is -0.978. The van der Waals surface area contributed by atoms with Crippen molar-refractivity contribution in [1.82, 2.24) is 4.90 Å². The highest BCUT2D eigenvalue weighted by Crippen LogP contribution is 2.43. The van der Waals surface area contributed by atoms with E-state index in [1.807, 2.05) is 13.8 Å². The molecule has 1 atom stereocenters. The van der Waals surface area contributed by atoms with Crippen molar-refractivity contribution in [3.63, 3.8) is 0 Å². The second kappa shape index (κ2) is 10.7. The number of methoxy groups -OCH3 is 2. The van der Waals surface area contributed by atoms with Crippen molar-refractivity contribution < 1.29 is 33.3 Å². The van der Waals surface area contributed by atoms with E-state index in [0.717, 1.165) is 6.07 Å². The number of ether oxygens (including phenoxy) is 3. The van der Waals surface area contributed by atoms with Crippen LogP contribution in [-0.4, -0.2) is 42.0 Å². The third-order valence-corrected chi connectivity index (χ3v) is 6.04. The molecule has 3 aromatic rings. The van der Waals surface area contributed by atoms with Crippen LogP contribution < -0.4 is 14.2 Å². The molecule has 1 N–H and O–H groups in total. The molecule has 0 radical (unpaired) electrons. The molecule has 0 spiro atoms. The van der Waals surface area contributed by atoms with Crippen molar-refractivity contribution in [2.75, 3.05) is 14.2 Å². The van der Waals surface area contributed by atoms with E-state index in [1.54, 1.807) is 48.5 Å². The molecule has 192 valence electrons. The lowest BCUT2D eigenvalue weighted by Crippen LogP contribution is -2.29. The number of halogens is 1. The van der Waals surface area contributed by atoms with Crippen molar-refractivity contribution in [2.24, 2.45) is 0 Å². The van der Waals surface area contributed by atoms with Gasteiger partial charge in [0.1, 0.15) is 28.8 Å². The Morgan fingerprint density at radius 1 is 0.973 bits per heavy atom. The summed E-state index contributed by atoms with van der Waals surface area (Å²) in [5.74, 6) is -1.61. The van der Waals surface area contributed by atoms with Crippen LogP contribution >= 0.6 is 0 Å². The van der Waals surface area contributed by atoms with E-state index in [0.29, 0.717) is 22.6 Å². The fourth-order valence-corrected chi connectivity index (χ4v) is 4.45. The van der Waals surface area contributed by atoms with Gasteiger partial charge < -0.3 is 24.2 Å². The quantitative estimate of drug-likeness (QED) is 0.256. The summed E-state index contributed by atoms with van der Waals surface area (Å²) in [5, 5.41) is 11.4. The number of rotatable bonds is 8. The van der Waals surface area contributed by atoms with Gasteiger partial charge in [-0.05, 0) is 55.8 Å². The minimum Gasteiger partial charge on any atom is -0.507 e. The van der Waals surface area contributed by atoms with E-state index in [1.165, 1.54) is 31.3 Å². The SMILES string of the molecule is COc1ccccc1CN1C(=O)C(=O)/C(=C(/O)c2cc(F)ccc2OC)C1c1cccc(OC(C)C)c1. The second-order valence-corrected chi connectivity index (χ2v) is 8.82. The lowest BCUT2D eigenvalue weighted by Gasteiger charge is -2.26. The zero-order valence-electron chi connectivity index (χ0n) is 21.0. The number of Topliss-reactive ketones (excluding diaryl/α,β-unsaturated/α-hetero) is 1. The van der Waals surface area contributed by atoms with Gasteiger partial charge in [0.05, 0.1) is 44.0 Å². The van der Waals surface area contributed by atoms with Crippen LogP contribution in [0.25, 0.3) is 5.76 Å². The standard InChI is InChI=1S/C29H28FNO6/c1-17(2)37-21-10-7-9-18(14-21)26-25(27(32)22-15-20(30)12-13-24(22)36-4)28(33)29(34)31(26)16-19-8-5-6-11-23(19)35-3/h5-15,17,26,32H,16H2,1-4H3/b27-25+. The maximum Gasteiger partial charge on any atom is 0.295 e. The molecule has 1 saturated heterocycles. The number of para-hydroxylation sites is 1. The third-order valence-electron chi connectivity index (χ3n) is 6.04. The first-order valence-electron chi connectivity index (χ1n) is 11.8. The van der Waals surface area contributed by atoms with Crippen molar-refractivity contribution in [3.8, 4) is 17.2 Å². The van der Waals surface area contributed by atoms with E-state index in [2.05, 4.69) is 0 Å². The molecule has 37 heavy (non-hydrogen) atoms. The van der Waals surface area contributed by atoms with E-state index in [9.17, 15) is 19.1 Å². The monoisotopic (exact) mass is 505 g/mol. The molecule has 0 aliphatic carbocycles. The molecule has 1 fully saturated rings. The first-order chi connectivity index (χ1) is 17.7. The zero-order chi connectivity index (χ0) is 26.7. The molecule has 8 heteroatoms. The van der Waals surface area contributed by atoms with Crippen LogP contribution in [0.3, 0.4) is 0 Å². The van der Waals surface area contributed by atoms with Crippen LogP contribution in [0, 0.1) is 5.82 Å². The summed E-state index contributed by atoms with van der Waals surface area (Å²) >= 11 is 0. The highest BCUT2D eigenvalue weighted by Gasteiger charge is 2.46. The highest BCUT2D eigenvalue weighted by atomic mass is 19.1. The Bertz CT molecular complexity index is 1370. The van der Waals surface area contributed by atoms with Gasteiger partial charge in [0, 0.05) is 5.56 Å². The molecule has 1 unspecified atom stereocenters. The molecule has 7 nitrogen and oxygen atoms in total. The second-order valence-electron chi connectivity index (χ2n) is 8.82. The van der Waals surface area contributed by atoms with Crippen LogP contribution in [0.1, 0.15) is 36.6 Å². The van der Waals surface area contributed by atoms with Gasteiger partial charge in [-0.2, -0.15) is 0 Å². The number of hydrogen-bond donors (Lipinski definition) is 1. The topological polar surface area (TPSA) is 85.3 Å². The number of benzene rings is 3. The maximum atomic E-state index is 14.2. The fraction of sp³-hybridized carbons (Fsp3) is 0.241. The molecule has 0 saturated carbocycles. The van der Waals surface area contributed by atoms with Crippen LogP contribution in [0.4, 0.5) is 4.39 Å². The largest absolute Gasteiger partial charge is 0.507 e. The van der Waals surface area contributed by atoms with Crippen molar-refractivity contribution in [1.29, 1.82) is 0 Å². The summed E-state index contributed by atoms with van der Waals surface area (Å²) < 4.78 is 30.7. The lowest BCUT2D eigenvalue weighted by atomic mass is 9.94. The number of aliphatic hydroxyl groups is 1. The summed E-state index contributed by atoms with van der Waals surface area (Å²) in [5.41, 5.74) is 1.02. The van der Waals surface area contributed by atoms with Gasteiger partial charge in [-0.15, -0.1) is 0 Å². The first kappa shape index (κ1) is 25.8. The van der Waals surface area contributed by atoms with Crippen LogP contribution in [0.5, 0.6) is 17.2 Å². The number of ketones is 1. The molecule has 0 aromatic heterocycles. The maximum absolute atomic E-state index is 14.2. The van der Waals surface area contributed by atoms with E-state index in [4.69, 9.17) is 14.2 Å². The Morgan fingerprint density at radius 3 is 2.41 bits per heavy atom. The Hall–Kier alpha value is -4.33. The van der Waals surface area contributed by atoms with Crippen LogP contribution in [0.2, 0.25) is 0 Å². The molecule has 1 heterocycles. The summed E-state index contributed by atoms with van der Waals surface area (Å²) in [4.78, 5) is 28.1. The first-order valence-corrected chi connectivity index (χ1v) is 11.8. The molecule has 1 aliphatic rings. The van der Waals surface area contributed by atoms with E-state index in [-0.39, 0.29) is 29.5 Å². The molecule has 1 amide bonds. The van der Waals surface area contributed by atoms with Gasteiger partial charge in [-0.3, -0.25) is 9.59 Å². The number of likely N-dealkylation sites (tertiary alicyclic amines) is 1. The lowest BCUT2D eigenvalue weighted by molar-refractivity contribution is -0.140. The van der Waals surface area contributed by atoms with E-state index < -0.39 is 29.3 Å². The summed E-state index contributed by atoms with van der Waals surface area (Å²) in [6.45, 7) is 3.80. The average Bonchev–Trinajstić information content (AvgIpc) is 3.13. The van der Waals surface area contributed by atoms with Gasteiger partial charge in [0.2, 0.25) is 0 Å². The van der Waals surface area contributed by atoms with Crippen molar-refractivity contribution >= 4 is 17.4 Å². The summed E-state index contributed by atoms with van der Waals surface area (Å²) in [6, 6.07) is 16.8. The Kier molecular flexibility index (Phi) is 7.47. The number of nitrogens with zero attached hydrogens (tertiary/aromatic N) is 1. The summed E-state index contributed by atoms with van der Waals surface area (Å²) in [7, 11) is 2.89. The fourth-order valence-electron chi connectivity index (χ4n) is 4.45. The number of carbonyl (C=O) groups excluding carboxylic acids is 2. The highest BCUT2D eigenvalue weighted by molar-refractivity contribution is 6.46. The smallest absolute Gasteiger partial charge is 0.295 e. The minimum absolute atomic E-state index is 0.0302.